The van der Waals surface area contributed by atoms with E-state index in [4.69, 9.17) is 17.0 Å². The van der Waals surface area contributed by atoms with Crippen LogP contribution in [0.5, 0.6) is 5.75 Å². The van der Waals surface area contributed by atoms with E-state index in [2.05, 4.69) is 5.10 Å². The summed E-state index contributed by atoms with van der Waals surface area (Å²) in [6, 6.07) is 10.6. The Hall–Kier alpha value is -2.29. The summed E-state index contributed by atoms with van der Waals surface area (Å²) in [5.41, 5.74) is 1.81. The van der Waals surface area contributed by atoms with Gasteiger partial charge in [0, 0.05) is 6.20 Å². The fourth-order valence-corrected chi connectivity index (χ4v) is 3.99. The standard InChI is InChI=1S/C19H22FN5OS/c1-26-17-6-5-16(20)12-15(17)13-22-8-10-23(11-9-22)14-25-19(27)24-7-3-2-4-18(24)21-25/h2-7,12H,8-11,13-14H2,1H3/p+2. The number of methoxy groups -OCH3 is 1. The molecule has 1 aliphatic heterocycles. The summed E-state index contributed by atoms with van der Waals surface area (Å²) in [5, 5.41) is 4.62. The maximum absolute atomic E-state index is 13.6. The largest absolute Gasteiger partial charge is 0.496 e. The number of aromatic nitrogens is 3. The summed E-state index contributed by atoms with van der Waals surface area (Å²) in [7, 11) is 1.63. The highest BCUT2D eigenvalue weighted by Gasteiger charge is 2.25. The number of hydrogen-bond donors (Lipinski definition) is 2. The topological polar surface area (TPSA) is 40.3 Å². The molecule has 1 aliphatic rings. The zero-order chi connectivity index (χ0) is 18.8. The predicted octanol–water partition coefficient (Wildman–Crippen LogP) is -0.0459. The molecule has 0 atom stereocenters. The van der Waals surface area contributed by atoms with E-state index in [0.29, 0.717) is 0 Å². The van der Waals surface area contributed by atoms with Gasteiger partial charge in [-0.15, -0.1) is 5.10 Å². The van der Waals surface area contributed by atoms with Gasteiger partial charge >= 0.3 is 0 Å². The SMILES string of the molecule is COc1ccc(F)cc1C[NH+]1CC[NH+](Cn2nc3ccccn3c2=S)CC1. The normalized spacial score (nSPS) is 20.1. The number of pyridine rings is 1. The summed E-state index contributed by atoms with van der Waals surface area (Å²) in [4.78, 5) is 2.91. The number of quaternary nitrogens is 2. The van der Waals surface area contributed by atoms with Gasteiger partial charge in [-0.05, 0) is 42.5 Å². The van der Waals surface area contributed by atoms with Crippen molar-refractivity contribution in [2.45, 2.75) is 13.2 Å². The molecule has 0 saturated carbocycles. The lowest BCUT2D eigenvalue weighted by atomic mass is 10.1. The zero-order valence-electron chi connectivity index (χ0n) is 15.3. The Morgan fingerprint density at radius 3 is 2.67 bits per heavy atom. The van der Waals surface area contributed by atoms with Gasteiger partial charge in [0.1, 0.15) is 44.3 Å². The Morgan fingerprint density at radius 1 is 1.15 bits per heavy atom. The van der Waals surface area contributed by atoms with Gasteiger partial charge in [0.05, 0.1) is 12.7 Å². The zero-order valence-corrected chi connectivity index (χ0v) is 16.1. The summed E-state index contributed by atoms with van der Waals surface area (Å²) < 4.78 is 23.5. The fourth-order valence-electron chi connectivity index (χ4n) is 3.73. The molecule has 0 unspecified atom stereocenters. The van der Waals surface area contributed by atoms with Crippen LogP contribution in [-0.4, -0.2) is 47.5 Å². The minimum atomic E-state index is -0.212. The number of nitrogens with one attached hydrogen (secondary N) is 2. The third-order valence-electron chi connectivity index (χ3n) is 5.21. The van der Waals surface area contributed by atoms with Crippen molar-refractivity contribution >= 4 is 17.9 Å². The average Bonchev–Trinajstić information content (AvgIpc) is 2.99. The molecule has 1 fully saturated rings. The molecule has 27 heavy (non-hydrogen) atoms. The van der Waals surface area contributed by atoms with Gasteiger partial charge in [0.25, 0.3) is 0 Å². The average molecular weight is 390 g/mol. The minimum absolute atomic E-state index is 0.212. The van der Waals surface area contributed by atoms with Crippen molar-refractivity contribution in [2.24, 2.45) is 0 Å². The molecule has 3 heterocycles. The first-order valence-corrected chi connectivity index (χ1v) is 9.58. The Kier molecular flexibility index (Phi) is 5.20. The number of halogens is 1. The van der Waals surface area contributed by atoms with Crippen molar-refractivity contribution in [3.8, 4) is 5.75 Å². The molecule has 8 heteroatoms. The van der Waals surface area contributed by atoms with E-state index in [0.717, 1.165) is 61.1 Å². The summed E-state index contributed by atoms with van der Waals surface area (Å²) in [5.74, 6) is 0.547. The van der Waals surface area contributed by atoms with Gasteiger partial charge in [-0.25, -0.2) is 4.39 Å². The van der Waals surface area contributed by atoms with Crippen LogP contribution in [0.2, 0.25) is 0 Å². The Bertz CT molecular complexity index is 993. The van der Waals surface area contributed by atoms with Crippen LogP contribution in [0.25, 0.3) is 5.65 Å². The van der Waals surface area contributed by atoms with Crippen LogP contribution in [0, 0.1) is 10.6 Å². The van der Waals surface area contributed by atoms with E-state index in [1.807, 2.05) is 33.5 Å². The second-order valence-electron chi connectivity index (χ2n) is 7.00. The van der Waals surface area contributed by atoms with E-state index >= 15 is 0 Å². The van der Waals surface area contributed by atoms with Crippen molar-refractivity contribution < 1.29 is 18.9 Å². The lowest BCUT2D eigenvalue weighted by molar-refractivity contribution is -1.03. The van der Waals surface area contributed by atoms with Crippen LogP contribution in [0.1, 0.15) is 5.56 Å². The molecule has 2 N–H and O–H groups in total. The third-order valence-corrected chi connectivity index (χ3v) is 5.62. The molecule has 4 rings (SSSR count). The number of ether oxygens (including phenoxy) is 1. The molecule has 1 saturated heterocycles. The molecule has 2 aromatic heterocycles. The van der Waals surface area contributed by atoms with E-state index in [1.165, 1.54) is 15.9 Å². The predicted molar refractivity (Wildman–Crippen MR) is 102 cm³/mol. The van der Waals surface area contributed by atoms with Crippen LogP contribution in [0.15, 0.2) is 42.6 Å². The van der Waals surface area contributed by atoms with Gasteiger partial charge in [0.2, 0.25) is 4.77 Å². The fraction of sp³-hybridized carbons (Fsp3) is 0.368. The van der Waals surface area contributed by atoms with Crippen molar-refractivity contribution in [1.82, 2.24) is 14.2 Å². The molecule has 1 aromatic carbocycles. The smallest absolute Gasteiger partial charge is 0.207 e. The number of rotatable bonds is 5. The monoisotopic (exact) mass is 389 g/mol. The van der Waals surface area contributed by atoms with Gasteiger partial charge in [-0.1, -0.05) is 6.07 Å². The molecule has 0 radical (unpaired) electrons. The maximum atomic E-state index is 13.6. The third kappa shape index (κ3) is 3.87. The molecule has 0 aliphatic carbocycles. The van der Waals surface area contributed by atoms with Crippen LogP contribution in [-0.2, 0) is 13.2 Å². The van der Waals surface area contributed by atoms with E-state index in [1.54, 1.807) is 19.2 Å². The quantitative estimate of drug-likeness (QED) is 0.602. The highest BCUT2D eigenvalue weighted by Crippen LogP contribution is 2.18. The van der Waals surface area contributed by atoms with E-state index in [-0.39, 0.29) is 5.82 Å². The molecule has 0 spiro atoms. The van der Waals surface area contributed by atoms with Gasteiger partial charge in [0.15, 0.2) is 12.3 Å². The van der Waals surface area contributed by atoms with Crippen molar-refractivity contribution in [3.05, 3.63) is 58.7 Å². The van der Waals surface area contributed by atoms with Crippen LogP contribution >= 0.6 is 12.2 Å². The highest BCUT2D eigenvalue weighted by molar-refractivity contribution is 7.71. The Labute approximate surface area is 162 Å². The lowest BCUT2D eigenvalue weighted by Crippen LogP contribution is -3.27. The van der Waals surface area contributed by atoms with Crippen LogP contribution in [0.3, 0.4) is 0 Å². The first-order chi connectivity index (χ1) is 13.1. The Morgan fingerprint density at radius 2 is 1.93 bits per heavy atom. The molecular weight excluding hydrogens is 365 g/mol. The molecule has 0 bridgehead atoms. The first kappa shape index (κ1) is 18.1. The van der Waals surface area contributed by atoms with E-state index < -0.39 is 0 Å². The number of piperazine rings is 1. The van der Waals surface area contributed by atoms with Gasteiger partial charge in [-0.3, -0.25) is 4.40 Å². The van der Waals surface area contributed by atoms with Gasteiger partial charge < -0.3 is 14.5 Å². The summed E-state index contributed by atoms with van der Waals surface area (Å²) in [6.45, 7) is 5.66. The minimum Gasteiger partial charge on any atom is -0.496 e. The summed E-state index contributed by atoms with van der Waals surface area (Å²) in [6.07, 6.45) is 1.95. The van der Waals surface area contributed by atoms with Crippen LogP contribution in [0.4, 0.5) is 4.39 Å². The van der Waals surface area contributed by atoms with Gasteiger partial charge in [-0.2, -0.15) is 4.68 Å². The number of nitrogens with zero attached hydrogens (tertiary/aromatic N) is 3. The molecule has 142 valence electrons. The van der Waals surface area contributed by atoms with E-state index in [9.17, 15) is 4.39 Å². The molecule has 0 amide bonds. The first-order valence-electron chi connectivity index (χ1n) is 9.18. The summed E-state index contributed by atoms with van der Waals surface area (Å²) >= 11 is 5.54. The van der Waals surface area contributed by atoms with Crippen molar-refractivity contribution in [3.63, 3.8) is 0 Å². The van der Waals surface area contributed by atoms with Crippen molar-refractivity contribution in [1.29, 1.82) is 0 Å². The second-order valence-corrected chi connectivity index (χ2v) is 7.37. The van der Waals surface area contributed by atoms with Crippen LogP contribution < -0.4 is 14.5 Å². The molecule has 6 nitrogen and oxygen atoms in total. The molecule has 3 aromatic rings. The second kappa shape index (κ2) is 7.75. The number of hydrogen-bond acceptors (Lipinski definition) is 3. The van der Waals surface area contributed by atoms with Crippen molar-refractivity contribution in [2.75, 3.05) is 33.3 Å². The Balaban J connectivity index is 1.38. The number of fused-ring (bicyclic) bond motifs is 1. The lowest BCUT2D eigenvalue weighted by Gasteiger charge is -2.29. The number of benzene rings is 1. The highest BCUT2D eigenvalue weighted by atomic mass is 32.1. The maximum Gasteiger partial charge on any atom is 0.207 e. The molecular formula is C19H24FN5OS+2.